The van der Waals surface area contributed by atoms with E-state index in [1.807, 2.05) is 43.3 Å². The van der Waals surface area contributed by atoms with E-state index < -0.39 is 0 Å². The zero-order valence-electron chi connectivity index (χ0n) is 13.6. The molecule has 2 aromatic carbocycles. The lowest BCUT2D eigenvalue weighted by molar-refractivity contribution is -0.111. The second kappa shape index (κ2) is 6.93. The Labute approximate surface area is 145 Å². The molecule has 0 fully saturated rings. The highest BCUT2D eigenvalue weighted by atomic mass is 35.5. The predicted octanol–water partition coefficient (Wildman–Crippen LogP) is 5.61. The van der Waals surface area contributed by atoms with Crippen LogP contribution in [0.1, 0.15) is 23.8 Å². The van der Waals surface area contributed by atoms with E-state index in [1.54, 1.807) is 12.1 Å². The van der Waals surface area contributed by atoms with Crippen molar-refractivity contribution in [2.45, 2.75) is 20.3 Å². The van der Waals surface area contributed by atoms with E-state index in [0.717, 1.165) is 34.2 Å². The van der Waals surface area contributed by atoms with Crippen LogP contribution in [0.3, 0.4) is 0 Å². The number of hydrogen-bond acceptors (Lipinski definition) is 2. The molecule has 0 spiro atoms. The van der Waals surface area contributed by atoms with Crippen LogP contribution in [0.5, 0.6) is 0 Å². The van der Waals surface area contributed by atoms with Crippen molar-refractivity contribution in [1.29, 1.82) is 0 Å². The van der Waals surface area contributed by atoms with E-state index in [0.29, 0.717) is 10.8 Å². The maximum atomic E-state index is 12.2. The van der Waals surface area contributed by atoms with Crippen LogP contribution < -0.4 is 5.32 Å². The summed E-state index contributed by atoms with van der Waals surface area (Å²) in [7, 11) is 0. The van der Waals surface area contributed by atoms with Crippen LogP contribution in [-0.2, 0) is 11.2 Å². The number of carbonyl (C=O) groups excluding carboxylic acids is 1. The minimum atomic E-state index is -0.183. The van der Waals surface area contributed by atoms with E-state index in [9.17, 15) is 4.79 Å². The van der Waals surface area contributed by atoms with Gasteiger partial charge in [-0.05, 0) is 54.8 Å². The molecular weight excluding hydrogens is 322 g/mol. The molecule has 1 amide bonds. The molecule has 0 aliphatic rings. The summed E-state index contributed by atoms with van der Waals surface area (Å²) >= 11 is 5.97. The molecule has 24 heavy (non-hydrogen) atoms. The number of amides is 1. The highest BCUT2D eigenvalue weighted by molar-refractivity contribution is 6.31. The van der Waals surface area contributed by atoms with Gasteiger partial charge < -0.3 is 9.73 Å². The Morgan fingerprint density at radius 3 is 2.88 bits per heavy atom. The molecule has 0 bridgehead atoms. The Morgan fingerprint density at radius 1 is 1.25 bits per heavy atom. The van der Waals surface area contributed by atoms with Gasteiger partial charge in [0.25, 0.3) is 0 Å². The summed E-state index contributed by atoms with van der Waals surface area (Å²) in [4.78, 5) is 12.2. The number of rotatable bonds is 4. The molecule has 0 saturated heterocycles. The van der Waals surface area contributed by atoms with E-state index in [4.69, 9.17) is 16.0 Å². The van der Waals surface area contributed by atoms with Crippen molar-refractivity contribution in [3.8, 4) is 0 Å². The molecule has 3 nitrogen and oxygen atoms in total. The van der Waals surface area contributed by atoms with Gasteiger partial charge in [0.2, 0.25) is 5.91 Å². The molecule has 1 heterocycles. The maximum absolute atomic E-state index is 12.2. The third kappa shape index (κ3) is 3.52. The van der Waals surface area contributed by atoms with Crippen LogP contribution in [0.15, 0.2) is 53.0 Å². The molecule has 3 aromatic rings. The topological polar surface area (TPSA) is 42.2 Å². The number of carbonyl (C=O) groups is 1. The molecule has 1 N–H and O–H groups in total. The largest absolute Gasteiger partial charge is 0.457 e. The van der Waals surface area contributed by atoms with Gasteiger partial charge in [-0.1, -0.05) is 36.7 Å². The number of nitrogens with one attached hydrogen (secondary N) is 1. The van der Waals surface area contributed by atoms with Gasteiger partial charge in [-0.3, -0.25) is 4.79 Å². The summed E-state index contributed by atoms with van der Waals surface area (Å²) in [6.07, 6.45) is 4.00. The van der Waals surface area contributed by atoms with E-state index >= 15 is 0 Å². The first-order valence-electron chi connectivity index (χ1n) is 7.83. The molecule has 4 heteroatoms. The summed E-state index contributed by atoms with van der Waals surface area (Å²) < 4.78 is 5.67. The predicted molar refractivity (Wildman–Crippen MR) is 99.4 cm³/mol. The Balaban J connectivity index is 1.77. The normalized spacial score (nSPS) is 11.3. The molecular formula is C20H18ClNO2. The standard InChI is InChI=1S/C20H18ClNO2/c1-3-14-6-4-5-13(2)20(14)22-19(23)10-8-17-12-15-11-16(21)7-9-18(15)24-17/h4-12H,3H2,1-2H3,(H,22,23)/b10-8+. The number of furan rings is 1. The Bertz CT molecular complexity index is 925. The Morgan fingerprint density at radius 2 is 2.08 bits per heavy atom. The van der Waals surface area contributed by atoms with E-state index in [2.05, 4.69) is 12.2 Å². The highest BCUT2D eigenvalue weighted by Crippen LogP contribution is 2.24. The molecule has 0 unspecified atom stereocenters. The smallest absolute Gasteiger partial charge is 0.248 e. The number of aryl methyl sites for hydroxylation is 2. The zero-order valence-corrected chi connectivity index (χ0v) is 14.4. The van der Waals surface area contributed by atoms with Gasteiger partial charge in [0.15, 0.2) is 0 Å². The first-order chi connectivity index (χ1) is 11.6. The summed E-state index contributed by atoms with van der Waals surface area (Å²) in [5.41, 5.74) is 3.79. The quantitative estimate of drug-likeness (QED) is 0.628. The van der Waals surface area contributed by atoms with Crippen molar-refractivity contribution in [2.24, 2.45) is 0 Å². The zero-order chi connectivity index (χ0) is 17.1. The number of hydrogen-bond donors (Lipinski definition) is 1. The Hall–Kier alpha value is -2.52. The van der Waals surface area contributed by atoms with Crippen molar-refractivity contribution in [2.75, 3.05) is 5.32 Å². The molecule has 0 atom stereocenters. The fraction of sp³-hybridized carbons (Fsp3) is 0.150. The van der Waals surface area contributed by atoms with Gasteiger partial charge in [-0.2, -0.15) is 0 Å². The van der Waals surface area contributed by atoms with Crippen LogP contribution in [0.25, 0.3) is 17.0 Å². The number of halogens is 1. The lowest BCUT2D eigenvalue weighted by Crippen LogP contribution is -2.10. The molecule has 122 valence electrons. The van der Waals surface area contributed by atoms with Crippen molar-refractivity contribution in [3.63, 3.8) is 0 Å². The minimum absolute atomic E-state index is 0.183. The summed E-state index contributed by atoms with van der Waals surface area (Å²) in [5, 5.41) is 4.52. The van der Waals surface area contributed by atoms with E-state index in [-0.39, 0.29) is 5.91 Å². The van der Waals surface area contributed by atoms with Crippen LogP contribution >= 0.6 is 11.6 Å². The molecule has 1 aromatic heterocycles. The number of benzene rings is 2. The van der Waals surface area contributed by atoms with Gasteiger partial charge in [0.05, 0.1) is 0 Å². The van der Waals surface area contributed by atoms with Crippen molar-refractivity contribution < 1.29 is 9.21 Å². The fourth-order valence-electron chi connectivity index (χ4n) is 2.64. The number of anilines is 1. The molecule has 3 rings (SSSR count). The van der Waals surface area contributed by atoms with Gasteiger partial charge in [0.1, 0.15) is 11.3 Å². The number of para-hydroxylation sites is 1. The van der Waals surface area contributed by atoms with Gasteiger partial charge >= 0.3 is 0 Å². The highest BCUT2D eigenvalue weighted by Gasteiger charge is 2.07. The van der Waals surface area contributed by atoms with Crippen molar-refractivity contribution in [3.05, 3.63) is 70.5 Å². The summed E-state index contributed by atoms with van der Waals surface area (Å²) in [5.74, 6) is 0.431. The molecule has 0 saturated carbocycles. The van der Waals surface area contributed by atoms with Gasteiger partial charge in [-0.15, -0.1) is 0 Å². The monoisotopic (exact) mass is 339 g/mol. The van der Waals surface area contributed by atoms with Crippen molar-refractivity contribution >= 4 is 40.2 Å². The van der Waals surface area contributed by atoms with Crippen LogP contribution in [0, 0.1) is 6.92 Å². The lowest BCUT2D eigenvalue weighted by Gasteiger charge is -2.11. The molecule has 0 aliphatic carbocycles. The Kier molecular flexibility index (Phi) is 4.72. The minimum Gasteiger partial charge on any atom is -0.457 e. The lowest BCUT2D eigenvalue weighted by atomic mass is 10.1. The number of fused-ring (bicyclic) bond motifs is 1. The first-order valence-corrected chi connectivity index (χ1v) is 8.21. The second-order valence-corrected chi connectivity index (χ2v) is 6.05. The van der Waals surface area contributed by atoms with Crippen LogP contribution in [0.4, 0.5) is 5.69 Å². The molecule has 0 aliphatic heterocycles. The van der Waals surface area contributed by atoms with Gasteiger partial charge in [0, 0.05) is 22.2 Å². The maximum Gasteiger partial charge on any atom is 0.248 e. The average molecular weight is 340 g/mol. The second-order valence-electron chi connectivity index (χ2n) is 5.62. The average Bonchev–Trinajstić information content (AvgIpc) is 2.96. The summed E-state index contributed by atoms with van der Waals surface area (Å²) in [6, 6.07) is 13.3. The summed E-state index contributed by atoms with van der Waals surface area (Å²) in [6.45, 7) is 4.06. The third-order valence-electron chi connectivity index (χ3n) is 3.88. The van der Waals surface area contributed by atoms with Crippen LogP contribution in [-0.4, -0.2) is 5.91 Å². The van der Waals surface area contributed by atoms with Gasteiger partial charge in [-0.25, -0.2) is 0 Å². The SMILES string of the molecule is CCc1cccc(C)c1NC(=O)/C=C/c1cc2cc(Cl)ccc2o1. The van der Waals surface area contributed by atoms with Crippen LogP contribution in [0.2, 0.25) is 5.02 Å². The fourth-order valence-corrected chi connectivity index (χ4v) is 2.82. The third-order valence-corrected chi connectivity index (χ3v) is 4.12. The van der Waals surface area contributed by atoms with E-state index in [1.165, 1.54) is 6.08 Å². The first kappa shape index (κ1) is 16.3. The molecule has 0 radical (unpaired) electrons. The van der Waals surface area contributed by atoms with Crippen molar-refractivity contribution in [1.82, 2.24) is 0 Å².